The van der Waals surface area contributed by atoms with Crippen molar-refractivity contribution >= 4 is 17.2 Å². The predicted molar refractivity (Wildman–Crippen MR) is 127 cm³/mol. The highest BCUT2D eigenvalue weighted by atomic mass is 32.1. The molecule has 200 valence electrons. The smallest absolute Gasteiger partial charge is 0.442 e. The summed E-state index contributed by atoms with van der Waals surface area (Å²) >= 11 is 1.28. The van der Waals surface area contributed by atoms with Crippen molar-refractivity contribution < 1.29 is 42.3 Å². The maximum absolute atomic E-state index is 12.8. The van der Waals surface area contributed by atoms with Crippen molar-refractivity contribution in [3.63, 3.8) is 0 Å². The molecule has 0 aliphatic carbocycles. The van der Waals surface area contributed by atoms with E-state index in [0.717, 1.165) is 31.5 Å². The van der Waals surface area contributed by atoms with Crippen LogP contribution in [0.1, 0.15) is 35.8 Å². The molecular formula is C24H31F3N2O6S. The molecule has 2 N–H and O–H groups in total. The molecule has 3 atom stereocenters. The van der Waals surface area contributed by atoms with E-state index < -0.39 is 24.6 Å². The van der Waals surface area contributed by atoms with Gasteiger partial charge in [0.05, 0.1) is 26.2 Å². The van der Waals surface area contributed by atoms with E-state index in [1.807, 2.05) is 0 Å². The minimum Gasteiger partial charge on any atom is -0.497 e. The van der Waals surface area contributed by atoms with Gasteiger partial charge in [-0.15, -0.1) is 11.3 Å². The first-order valence-electron chi connectivity index (χ1n) is 11.6. The van der Waals surface area contributed by atoms with Crippen LogP contribution in [0, 0.1) is 6.92 Å². The molecule has 1 aliphatic heterocycles. The number of aliphatic hydroxyl groups excluding tert-OH is 1. The van der Waals surface area contributed by atoms with Gasteiger partial charge in [-0.25, -0.2) is 4.89 Å². The van der Waals surface area contributed by atoms with Crippen molar-refractivity contribution in [3.05, 3.63) is 46.2 Å². The van der Waals surface area contributed by atoms with Gasteiger partial charge in [0.15, 0.2) is 0 Å². The predicted octanol–water partition coefficient (Wildman–Crippen LogP) is 3.98. The molecule has 0 bridgehead atoms. The molecule has 0 spiro atoms. The number of benzene rings is 1. The highest BCUT2D eigenvalue weighted by Crippen LogP contribution is 2.32. The van der Waals surface area contributed by atoms with E-state index in [4.69, 9.17) is 14.4 Å². The van der Waals surface area contributed by atoms with Crippen LogP contribution in [0.2, 0.25) is 0 Å². The monoisotopic (exact) mass is 532 g/mol. The number of halogens is 3. The second kappa shape index (κ2) is 13.2. The summed E-state index contributed by atoms with van der Waals surface area (Å²) in [5.74, 6) is 0.895. The Morgan fingerprint density at radius 3 is 2.39 bits per heavy atom. The quantitative estimate of drug-likeness (QED) is 0.229. The van der Waals surface area contributed by atoms with Crippen LogP contribution >= 0.6 is 11.3 Å². The molecular weight excluding hydrogens is 501 g/mol. The summed E-state index contributed by atoms with van der Waals surface area (Å²) in [6.45, 7) is 3.84. The SMILES string of the molecule is COc1ccc(OCCC(=O)N[C@H](CN2CCCC2)[C@H](OOC(O)C(F)(F)F)c2sccc2C)cc1. The Labute approximate surface area is 211 Å². The Hall–Kier alpha value is -2.38. The zero-order valence-corrected chi connectivity index (χ0v) is 20.9. The molecule has 1 aliphatic rings. The number of amides is 1. The third-order valence-corrected chi connectivity index (χ3v) is 6.79. The summed E-state index contributed by atoms with van der Waals surface area (Å²) in [5, 5.41) is 14.0. The van der Waals surface area contributed by atoms with Gasteiger partial charge in [-0.3, -0.25) is 4.79 Å². The van der Waals surface area contributed by atoms with Gasteiger partial charge in [-0.2, -0.15) is 18.1 Å². The number of thiophene rings is 1. The molecule has 3 rings (SSSR count). The summed E-state index contributed by atoms with van der Waals surface area (Å²) < 4.78 is 49.2. The summed E-state index contributed by atoms with van der Waals surface area (Å²) in [7, 11) is 1.56. The molecule has 2 aromatic rings. The number of ether oxygens (including phenoxy) is 2. The van der Waals surface area contributed by atoms with Crippen LogP contribution in [0.4, 0.5) is 13.2 Å². The Kier molecular flexibility index (Phi) is 10.4. The molecule has 1 aromatic heterocycles. The van der Waals surface area contributed by atoms with Gasteiger partial charge in [-0.1, -0.05) is 0 Å². The fraction of sp³-hybridized carbons (Fsp3) is 0.542. The van der Waals surface area contributed by atoms with Crippen LogP contribution in [0.15, 0.2) is 35.7 Å². The van der Waals surface area contributed by atoms with Gasteiger partial charge in [0.1, 0.15) is 17.6 Å². The van der Waals surface area contributed by atoms with Crippen molar-refractivity contribution in [2.45, 2.75) is 50.8 Å². The number of carbonyl (C=O) groups is 1. The van der Waals surface area contributed by atoms with Crippen LogP contribution in [-0.4, -0.2) is 67.8 Å². The number of likely N-dealkylation sites (tertiary alicyclic amines) is 1. The number of rotatable bonds is 13. The molecule has 1 aromatic carbocycles. The van der Waals surface area contributed by atoms with Crippen molar-refractivity contribution in [2.75, 3.05) is 33.4 Å². The number of carbonyl (C=O) groups excluding carboxylic acids is 1. The lowest BCUT2D eigenvalue weighted by Gasteiger charge is -2.31. The third-order valence-electron chi connectivity index (χ3n) is 5.71. The largest absolute Gasteiger partial charge is 0.497 e. The van der Waals surface area contributed by atoms with Crippen LogP contribution in [0.5, 0.6) is 11.5 Å². The second-order valence-corrected chi connectivity index (χ2v) is 9.38. The maximum atomic E-state index is 12.8. The van der Waals surface area contributed by atoms with Gasteiger partial charge in [0, 0.05) is 11.4 Å². The van der Waals surface area contributed by atoms with E-state index in [1.165, 1.54) is 11.3 Å². The van der Waals surface area contributed by atoms with Gasteiger partial charge in [-0.05, 0) is 74.1 Å². The molecule has 1 unspecified atom stereocenters. The van der Waals surface area contributed by atoms with E-state index in [1.54, 1.807) is 49.7 Å². The zero-order chi connectivity index (χ0) is 26.1. The molecule has 2 heterocycles. The summed E-state index contributed by atoms with van der Waals surface area (Å²) in [5.41, 5.74) is 0.776. The molecule has 1 fully saturated rings. The first-order valence-corrected chi connectivity index (χ1v) is 12.4. The number of methoxy groups -OCH3 is 1. The zero-order valence-electron chi connectivity index (χ0n) is 20.1. The van der Waals surface area contributed by atoms with E-state index in [9.17, 15) is 23.1 Å². The Balaban J connectivity index is 1.68. The standard InChI is InChI=1S/C24H31F3N2O6S/c1-16-10-14-36-22(16)21(34-35-23(31)24(25,26)27)19(15-29-11-3-4-12-29)28-20(30)9-13-33-18-7-5-17(32-2)6-8-18/h5-8,10,14,19,21,23,31H,3-4,9,11-13,15H2,1-2H3,(H,28,30)/t19-,21+,23?/m1/s1. The van der Waals surface area contributed by atoms with Crippen molar-refractivity contribution in [3.8, 4) is 11.5 Å². The Bertz CT molecular complexity index is 950. The molecule has 12 heteroatoms. The fourth-order valence-electron chi connectivity index (χ4n) is 3.81. The number of aliphatic hydroxyl groups is 1. The number of aryl methyl sites for hydroxylation is 1. The van der Waals surface area contributed by atoms with Gasteiger partial charge in [0.25, 0.3) is 6.29 Å². The number of nitrogens with one attached hydrogen (secondary N) is 1. The lowest BCUT2D eigenvalue weighted by molar-refractivity contribution is -0.447. The first-order chi connectivity index (χ1) is 17.2. The average molecular weight is 533 g/mol. The van der Waals surface area contributed by atoms with Crippen molar-refractivity contribution in [2.24, 2.45) is 0 Å². The molecule has 8 nitrogen and oxygen atoms in total. The second-order valence-electron chi connectivity index (χ2n) is 8.43. The normalized spacial score (nSPS) is 16.9. The van der Waals surface area contributed by atoms with E-state index in [-0.39, 0.29) is 18.9 Å². The number of hydrogen-bond donors (Lipinski definition) is 2. The fourth-order valence-corrected chi connectivity index (χ4v) is 4.82. The molecule has 0 saturated carbocycles. The number of alkyl halides is 3. The number of hydrogen-bond acceptors (Lipinski definition) is 8. The minimum atomic E-state index is -5.01. The van der Waals surface area contributed by atoms with Gasteiger partial charge >= 0.3 is 6.18 Å². The summed E-state index contributed by atoms with van der Waals surface area (Å²) in [6, 6.07) is 7.99. The molecule has 0 radical (unpaired) electrons. The van der Waals surface area contributed by atoms with Crippen molar-refractivity contribution in [1.82, 2.24) is 10.2 Å². The lowest BCUT2D eigenvalue weighted by Crippen LogP contribution is -2.48. The lowest BCUT2D eigenvalue weighted by atomic mass is 10.1. The van der Waals surface area contributed by atoms with E-state index in [0.29, 0.717) is 22.9 Å². The van der Waals surface area contributed by atoms with Crippen molar-refractivity contribution in [1.29, 1.82) is 0 Å². The topological polar surface area (TPSA) is 89.5 Å². The van der Waals surface area contributed by atoms with Crippen LogP contribution < -0.4 is 14.8 Å². The maximum Gasteiger partial charge on any atom is 0.442 e. The summed E-state index contributed by atoms with van der Waals surface area (Å²) in [4.78, 5) is 25.1. The molecule has 1 saturated heterocycles. The van der Waals surface area contributed by atoms with Crippen LogP contribution in [0.25, 0.3) is 0 Å². The van der Waals surface area contributed by atoms with Crippen LogP contribution in [-0.2, 0) is 14.6 Å². The highest BCUT2D eigenvalue weighted by molar-refractivity contribution is 7.10. The third kappa shape index (κ3) is 8.34. The van der Waals surface area contributed by atoms with E-state index in [2.05, 4.69) is 15.1 Å². The summed E-state index contributed by atoms with van der Waals surface area (Å²) in [6.07, 6.45) is -7.19. The average Bonchev–Trinajstić information content (AvgIpc) is 3.51. The number of nitrogens with zero attached hydrogens (tertiary/aromatic N) is 1. The van der Waals surface area contributed by atoms with Crippen LogP contribution in [0.3, 0.4) is 0 Å². The van der Waals surface area contributed by atoms with Gasteiger partial charge in [0.2, 0.25) is 5.91 Å². The Morgan fingerprint density at radius 2 is 1.81 bits per heavy atom. The van der Waals surface area contributed by atoms with Gasteiger partial charge < -0.3 is 24.8 Å². The minimum absolute atomic E-state index is 0.0186. The van der Waals surface area contributed by atoms with E-state index >= 15 is 0 Å². The molecule has 36 heavy (non-hydrogen) atoms. The first kappa shape index (κ1) is 28.2. The highest BCUT2D eigenvalue weighted by Gasteiger charge is 2.42. The Morgan fingerprint density at radius 1 is 1.14 bits per heavy atom. The molecule has 1 amide bonds.